The molecular weight excluding hydrogens is 410 g/mol. The van der Waals surface area contributed by atoms with E-state index in [-0.39, 0.29) is 16.8 Å². The molecule has 166 valence electrons. The molecule has 0 aliphatic carbocycles. The predicted octanol–water partition coefficient (Wildman–Crippen LogP) is 2.93. The predicted molar refractivity (Wildman–Crippen MR) is 121 cm³/mol. The number of nitrogens with zero attached hydrogens (tertiary/aromatic N) is 2. The van der Waals surface area contributed by atoms with Crippen LogP contribution in [0.4, 0.5) is 0 Å². The Balaban J connectivity index is 1.33. The van der Waals surface area contributed by atoms with E-state index in [2.05, 4.69) is 34.5 Å². The summed E-state index contributed by atoms with van der Waals surface area (Å²) in [6, 6.07) is 16.7. The van der Waals surface area contributed by atoms with Crippen LogP contribution in [-0.2, 0) is 21.4 Å². The molecule has 0 saturated carbocycles. The summed E-state index contributed by atoms with van der Waals surface area (Å²) < 4.78 is 27.6. The van der Waals surface area contributed by atoms with Crippen LogP contribution in [0.15, 0.2) is 59.5 Å². The second-order valence-corrected chi connectivity index (χ2v) is 10.5. The summed E-state index contributed by atoms with van der Waals surface area (Å²) >= 11 is 0. The molecule has 1 unspecified atom stereocenters. The molecular formula is C24H31N3O3S. The van der Waals surface area contributed by atoms with E-state index in [1.807, 2.05) is 13.0 Å². The molecule has 1 amide bonds. The number of piperidine rings is 1. The third-order valence-corrected chi connectivity index (χ3v) is 8.24. The van der Waals surface area contributed by atoms with Gasteiger partial charge in [0.25, 0.3) is 0 Å². The third kappa shape index (κ3) is 5.17. The van der Waals surface area contributed by atoms with E-state index >= 15 is 0 Å². The van der Waals surface area contributed by atoms with Crippen LogP contribution in [-0.4, -0.2) is 55.2 Å². The Labute approximate surface area is 185 Å². The number of amides is 1. The molecule has 6 nitrogen and oxygen atoms in total. The van der Waals surface area contributed by atoms with Crippen LogP contribution >= 0.6 is 0 Å². The monoisotopic (exact) mass is 441 g/mol. The minimum atomic E-state index is -3.67. The van der Waals surface area contributed by atoms with Gasteiger partial charge in [-0.2, -0.15) is 4.31 Å². The number of sulfonamides is 1. The number of aryl methyl sites for hydroxylation is 1. The van der Waals surface area contributed by atoms with E-state index in [0.717, 1.165) is 38.0 Å². The van der Waals surface area contributed by atoms with Crippen molar-refractivity contribution < 1.29 is 13.2 Å². The standard InChI is InChI=1S/C24H31N3O3S/c1-19-9-11-22(12-10-19)31(29,30)27-15-5-8-23(27)24(28)25-21-13-16-26(17-14-21)18-20-6-3-2-4-7-20/h2-4,6-7,9-12,21,23H,5,8,13-18H2,1H3,(H,25,28). The Bertz CT molecular complexity index is 984. The van der Waals surface area contributed by atoms with Crippen molar-refractivity contribution in [1.29, 1.82) is 0 Å². The molecule has 0 radical (unpaired) electrons. The summed E-state index contributed by atoms with van der Waals surface area (Å²) in [6.45, 7) is 5.09. The second-order valence-electron chi connectivity index (χ2n) is 8.63. The molecule has 2 saturated heterocycles. The van der Waals surface area contributed by atoms with Gasteiger partial charge < -0.3 is 5.32 Å². The number of benzene rings is 2. The summed E-state index contributed by atoms with van der Waals surface area (Å²) in [6.07, 6.45) is 3.05. The van der Waals surface area contributed by atoms with Crippen LogP contribution in [0.3, 0.4) is 0 Å². The first-order chi connectivity index (χ1) is 14.9. The number of carbonyl (C=O) groups is 1. The Hall–Kier alpha value is -2.22. The van der Waals surface area contributed by atoms with Gasteiger partial charge in [0.05, 0.1) is 4.90 Å². The summed E-state index contributed by atoms with van der Waals surface area (Å²) in [4.78, 5) is 15.7. The molecule has 2 heterocycles. The highest BCUT2D eigenvalue weighted by molar-refractivity contribution is 7.89. The van der Waals surface area contributed by atoms with Crippen molar-refractivity contribution in [3.63, 3.8) is 0 Å². The second kappa shape index (κ2) is 9.51. The Morgan fingerprint density at radius 2 is 1.65 bits per heavy atom. The Morgan fingerprint density at radius 3 is 2.32 bits per heavy atom. The first-order valence-corrected chi connectivity index (χ1v) is 12.5. The highest BCUT2D eigenvalue weighted by Crippen LogP contribution is 2.27. The van der Waals surface area contributed by atoms with E-state index in [4.69, 9.17) is 0 Å². The summed E-state index contributed by atoms with van der Waals surface area (Å²) in [7, 11) is -3.67. The zero-order valence-electron chi connectivity index (χ0n) is 18.0. The fourth-order valence-electron chi connectivity index (χ4n) is 4.51. The van der Waals surface area contributed by atoms with Gasteiger partial charge in [-0.05, 0) is 50.3 Å². The fraction of sp³-hybridized carbons (Fsp3) is 0.458. The lowest BCUT2D eigenvalue weighted by Crippen LogP contribution is -2.51. The van der Waals surface area contributed by atoms with E-state index in [1.54, 1.807) is 24.3 Å². The lowest BCUT2D eigenvalue weighted by Gasteiger charge is -2.33. The maximum absolute atomic E-state index is 13.1. The minimum Gasteiger partial charge on any atom is -0.352 e. The van der Waals surface area contributed by atoms with Gasteiger partial charge in [0, 0.05) is 32.2 Å². The SMILES string of the molecule is Cc1ccc(S(=O)(=O)N2CCCC2C(=O)NC2CCN(Cc3ccccc3)CC2)cc1. The smallest absolute Gasteiger partial charge is 0.243 e. The topological polar surface area (TPSA) is 69.7 Å². The number of hydrogen-bond donors (Lipinski definition) is 1. The van der Waals surface area contributed by atoms with Gasteiger partial charge in [0.2, 0.25) is 15.9 Å². The van der Waals surface area contributed by atoms with Crippen LogP contribution in [0.5, 0.6) is 0 Å². The van der Waals surface area contributed by atoms with Gasteiger partial charge in [0.15, 0.2) is 0 Å². The first kappa shape index (κ1) is 22.0. The van der Waals surface area contributed by atoms with Crippen molar-refractivity contribution in [3.05, 3.63) is 65.7 Å². The van der Waals surface area contributed by atoms with E-state index in [0.29, 0.717) is 19.4 Å². The summed E-state index contributed by atoms with van der Waals surface area (Å²) in [5, 5.41) is 3.14. The Morgan fingerprint density at radius 1 is 0.968 bits per heavy atom. The van der Waals surface area contributed by atoms with Gasteiger partial charge in [-0.3, -0.25) is 9.69 Å². The van der Waals surface area contributed by atoms with Crippen LogP contribution in [0.25, 0.3) is 0 Å². The molecule has 2 aliphatic rings. The summed E-state index contributed by atoms with van der Waals surface area (Å²) in [5.74, 6) is -0.158. The molecule has 2 fully saturated rings. The number of carbonyl (C=O) groups excluding carboxylic acids is 1. The number of hydrogen-bond acceptors (Lipinski definition) is 4. The van der Waals surface area contributed by atoms with Crippen LogP contribution in [0.1, 0.15) is 36.8 Å². The highest BCUT2D eigenvalue weighted by atomic mass is 32.2. The molecule has 4 rings (SSSR count). The molecule has 0 bridgehead atoms. The number of likely N-dealkylation sites (tertiary alicyclic amines) is 1. The molecule has 2 aromatic rings. The normalized spacial score (nSPS) is 21.3. The zero-order valence-corrected chi connectivity index (χ0v) is 18.9. The van der Waals surface area contributed by atoms with Gasteiger partial charge >= 0.3 is 0 Å². The molecule has 2 aliphatic heterocycles. The molecule has 2 aromatic carbocycles. The van der Waals surface area contributed by atoms with Crippen molar-refractivity contribution in [2.75, 3.05) is 19.6 Å². The molecule has 7 heteroatoms. The highest BCUT2D eigenvalue weighted by Gasteiger charge is 2.40. The molecule has 31 heavy (non-hydrogen) atoms. The van der Waals surface area contributed by atoms with Crippen molar-refractivity contribution in [2.45, 2.75) is 56.1 Å². The maximum atomic E-state index is 13.1. The molecule has 1 atom stereocenters. The van der Waals surface area contributed by atoms with Gasteiger partial charge in [-0.15, -0.1) is 0 Å². The summed E-state index contributed by atoms with van der Waals surface area (Å²) in [5.41, 5.74) is 2.31. The van der Waals surface area contributed by atoms with E-state index in [1.165, 1.54) is 9.87 Å². The van der Waals surface area contributed by atoms with Crippen molar-refractivity contribution in [3.8, 4) is 0 Å². The molecule has 0 spiro atoms. The van der Waals surface area contributed by atoms with Gasteiger partial charge in [-0.1, -0.05) is 48.0 Å². The quantitative estimate of drug-likeness (QED) is 0.748. The first-order valence-electron chi connectivity index (χ1n) is 11.1. The number of rotatable bonds is 6. The van der Waals surface area contributed by atoms with Crippen LogP contribution in [0, 0.1) is 6.92 Å². The Kier molecular flexibility index (Phi) is 6.74. The van der Waals surface area contributed by atoms with Crippen molar-refractivity contribution in [1.82, 2.24) is 14.5 Å². The third-order valence-electron chi connectivity index (χ3n) is 6.32. The lowest BCUT2D eigenvalue weighted by atomic mass is 10.0. The lowest BCUT2D eigenvalue weighted by molar-refractivity contribution is -0.125. The molecule has 1 N–H and O–H groups in total. The average Bonchev–Trinajstić information content (AvgIpc) is 3.27. The zero-order chi connectivity index (χ0) is 21.8. The van der Waals surface area contributed by atoms with Crippen molar-refractivity contribution >= 4 is 15.9 Å². The number of nitrogens with one attached hydrogen (secondary N) is 1. The van der Waals surface area contributed by atoms with E-state index in [9.17, 15) is 13.2 Å². The van der Waals surface area contributed by atoms with Gasteiger partial charge in [-0.25, -0.2) is 8.42 Å². The van der Waals surface area contributed by atoms with Crippen LogP contribution in [0.2, 0.25) is 0 Å². The van der Waals surface area contributed by atoms with Crippen LogP contribution < -0.4 is 5.32 Å². The molecule has 0 aromatic heterocycles. The fourth-order valence-corrected chi connectivity index (χ4v) is 6.17. The maximum Gasteiger partial charge on any atom is 0.243 e. The minimum absolute atomic E-state index is 0.101. The van der Waals surface area contributed by atoms with E-state index < -0.39 is 16.1 Å². The van der Waals surface area contributed by atoms with Gasteiger partial charge in [0.1, 0.15) is 6.04 Å². The largest absolute Gasteiger partial charge is 0.352 e. The van der Waals surface area contributed by atoms with Crippen molar-refractivity contribution in [2.24, 2.45) is 0 Å². The average molecular weight is 442 g/mol.